The topological polar surface area (TPSA) is 0 Å². The standard InChI is InChI=1S/C8H12P.Zr/c1-5-6(2)8(4)9-7(5)3;/h1-4H3;/q-1;+1. The molecule has 1 heterocycles. The van der Waals surface area contributed by atoms with Gasteiger partial charge in [-0.2, -0.15) is 0 Å². The molecule has 0 aliphatic heterocycles. The first kappa shape index (κ1) is 8.76. The molecule has 1 rings (SSSR count). The van der Waals surface area contributed by atoms with Gasteiger partial charge in [0.25, 0.3) is 0 Å². The molecule has 0 saturated heterocycles. The summed E-state index contributed by atoms with van der Waals surface area (Å²) < 4.78 is 0. The molecule has 0 amide bonds. The molecule has 1 aromatic heterocycles. The van der Waals surface area contributed by atoms with Crippen LogP contribution in [0.3, 0.4) is 0 Å². The molecular weight excluding hydrogens is 218 g/mol. The van der Waals surface area contributed by atoms with Crippen molar-refractivity contribution < 1.29 is 24.1 Å². The Labute approximate surface area is 78.2 Å². The van der Waals surface area contributed by atoms with Crippen LogP contribution in [0.2, 0.25) is 0 Å². The van der Waals surface area contributed by atoms with Crippen molar-refractivity contribution in [2.24, 2.45) is 0 Å². The Morgan fingerprint density at radius 1 is 0.900 bits per heavy atom. The van der Waals surface area contributed by atoms with Gasteiger partial charge in [-0.25, -0.2) is 0 Å². The van der Waals surface area contributed by atoms with E-state index in [0.29, 0.717) is 0 Å². The molecule has 0 spiro atoms. The van der Waals surface area contributed by atoms with Crippen molar-refractivity contribution in [1.82, 2.24) is 0 Å². The average molecular weight is 230 g/mol. The zero-order chi connectivity index (χ0) is 7.89. The summed E-state index contributed by atoms with van der Waals surface area (Å²) in [6.45, 7) is 9.08. The van der Waals surface area contributed by atoms with Gasteiger partial charge in [0.1, 0.15) is 0 Å². The van der Waals surface area contributed by atoms with Crippen molar-refractivity contribution in [3.63, 3.8) is 0 Å². The van der Waals surface area contributed by atoms with Crippen LogP contribution in [-0.4, -0.2) is 0 Å². The summed E-state index contributed by atoms with van der Waals surface area (Å²) in [5.41, 5.74) is 3.11. The summed E-state index contributed by atoms with van der Waals surface area (Å²) >= 11 is 1.70. The van der Waals surface area contributed by atoms with E-state index in [2.05, 4.69) is 27.7 Å². The number of hydrogen-bond acceptors (Lipinski definition) is 0. The molecule has 1 aromatic rings. The van der Waals surface area contributed by atoms with E-state index in [9.17, 15) is 0 Å². The van der Waals surface area contributed by atoms with Gasteiger partial charge < -0.3 is 0 Å². The monoisotopic (exact) mass is 229 g/mol. The average Bonchev–Trinajstić information content (AvgIpc) is 2.07. The Balaban J connectivity index is 3.44. The first-order valence-electron chi connectivity index (χ1n) is 3.42. The molecule has 0 aliphatic rings. The molecule has 53 valence electrons. The van der Waals surface area contributed by atoms with Crippen LogP contribution >= 0.6 is 4.83 Å². The zero-order valence-corrected chi connectivity index (χ0v) is 10.3. The molecular formula is C8H12PZr. The quantitative estimate of drug-likeness (QED) is 0.642. The van der Waals surface area contributed by atoms with E-state index in [1.54, 1.807) is 45.9 Å². The predicted molar refractivity (Wildman–Crippen MR) is 43.5 cm³/mol. The van der Waals surface area contributed by atoms with Gasteiger partial charge in [0.15, 0.2) is 0 Å². The fraction of sp³-hybridized carbons (Fsp3) is 0.500. The zero-order valence-electron chi connectivity index (χ0n) is 6.95. The van der Waals surface area contributed by atoms with Crippen LogP contribution in [0.1, 0.15) is 21.7 Å². The Bertz CT molecular complexity index is 180. The molecule has 0 aliphatic carbocycles. The normalized spacial score (nSPS) is 10.3. The molecule has 0 radical (unpaired) electrons. The van der Waals surface area contributed by atoms with E-state index in [-0.39, 0.29) is 4.83 Å². The van der Waals surface area contributed by atoms with Gasteiger partial charge in [-0.05, 0) is 0 Å². The van der Waals surface area contributed by atoms with Gasteiger partial charge in [-0.1, -0.05) is 0 Å². The number of rotatable bonds is 0. The van der Waals surface area contributed by atoms with E-state index < -0.39 is 0 Å². The second-order valence-electron chi connectivity index (χ2n) is 2.76. The third-order valence-electron chi connectivity index (χ3n) is 2.32. The second kappa shape index (κ2) is 2.96. The maximum atomic E-state index is 2.29. The van der Waals surface area contributed by atoms with Gasteiger partial charge in [-0.3, -0.25) is 0 Å². The molecule has 0 aromatic carbocycles. The molecule has 10 heavy (non-hydrogen) atoms. The van der Waals surface area contributed by atoms with E-state index >= 15 is 0 Å². The van der Waals surface area contributed by atoms with E-state index in [0.717, 1.165) is 0 Å². The summed E-state index contributed by atoms with van der Waals surface area (Å²) in [5.74, 6) is 0. The van der Waals surface area contributed by atoms with E-state index in [1.807, 2.05) is 0 Å². The van der Waals surface area contributed by atoms with Crippen molar-refractivity contribution in [2.45, 2.75) is 27.7 Å². The Hall–Kier alpha value is 0.663. The van der Waals surface area contributed by atoms with Crippen molar-refractivity contribution >= 4 is 4.83 Å². The summed E-state index contributed by atoms with van der Waals surface area (Å²) in [7, 11) is 0. The second-order valence-corrected chi connectivity index (χ2v) is 8.07. The molecule has 0 N–H and O–H groups in total. The summed E-state index contributed by atoms with van der Waals surface area (Å²) in [6, 6.07) is 0. The van der Waals surface area contributed by atoms with E-state index in [1.165, 1.54) is 0 Å². The molecule has 2 heteroatoms. The van der Waals surface area contributed by atoms with Crippen LogP contribution in [0, 0.1) is 27.7 Å². The molecule has 0 fully saturated rings. The fourth-order valence-electron chi connectivity index (χ4n) is 1.13. The molecule has 0 nitrogen and oxygen atoms in total. The summed E-state index contributed by atoms with van der Waals surface area (Å²) in [4.78, 5) is 0.183. The first-order chi connectivity index (χ1) is 4.55. The summed E-state index contributed by atoms with van der Waals surface area (Å²) in [5, 5.41) is 3.31. The Kier molecular flexibility index (Phi) is 2.59. The van der Waals surface area contributed by atoms with Crippen molar-refractivity contribution in [3.05, 3.63) is 21.7 Å². The fourth-order valence-corrected chi connectivity index (χ4v) is 5.11. The minimum absolute atomic E-state index is 0.183. The van der Waals surface area contributed by atoms with Gasteiger partial charge in [0.2, 0.25) is 0 Å². The van der Waals surface area contributed by atoms with Crippen molar-refractivity contribution in [1.29, 1.82) is 0 Å². The van der Waals surface area contributed by atoms with Crippen molar-refractivity contribution in [2.75, 3.05) is 0 Å². The molecule has 0 atom stereocenters. The van der Waals surface area contributed by atoms with Gasteiger partial charge in [0, 0.05) is 0 Å². The van der Waals surface area contributed by atoms with Crippen LogP contribution in [-0.2, 0) is 24.1 Å². The van der Waals surface area contributed by atoms with Gasteiger partial charge in [-0.15, -0.1) is 0 Å². The minimum atomic E-state index is 0.183. The maximum absolute atomic E-state index is 2.29. The summed E-state index contributed by atoms with van der Waals surface area (Å²) in [6.07, 6.45) is 0. The van der Waals surface area contributed by atoms with Crippen LogP contribution < -0.4 is 0 Å². The third-order valence-corrected chi connectivity index (χ3v) is 9.28. The van der Waals surface area contributed by atoms with E-state index in [4.69, 9.17) is 0 Å². The van der Waals surface area contributed by atoms with Crippen LogP contribution in [0.4, 0.5) is 0 Å². The molecule has 0 bridgehead atoms. The first-order valence-corrected chi connectivity index (χ1v) is 8.06. The van der Waals surface area contributed by atoms with Gasteiger partial charge >= 0.3 is 78.4 Å². The Morgan fingerprint density at radius 3 is 1.30 bits per heavy atom. The van der Waals surface area contributed by atoms with Crippen molar-refractivity contribution in [3.8, 4) is 0 Å². The SMILES string of the molecule is Cc1c(C)c(C)[p]([Zr])c1C. The van der Waals surface area contributed by atoms with Crippen LogP contribution in [0.25, 0.3) is 0 Å². The molecule has 0 saturated carbocycles. The van der Waals surface area contributed by atoms with Crippen LogP contribution in [0.5, 0.6) is 0 Å². The van der Waals surface area contributed by atoms with Gasteiger partial charge in [0.05, 0.1) is 0 Å². The third kappa shape index (κ3) is 1.19. The Morgan fingerprint density at radius 2 is 1.20 bits per heavy atom. The number of hydrogen-bond donors (Lipinski definition) is 0. The molecule has 0 unspecified atom stereocenters. The van der Waals surface area contributed by atoms with Crippen LogP contribution in [0.15, 0.2) is 0 Å². The predicted octanol–water partition coefficient (Wildman–Crippen LogP) is 3.22.